The molecule has 1 aliphatic heterocycles. The predicted octanol–water partition coefficient (Wildman–Crippen LogP) is 1.78. The van der Waals surface area contributed by atoms with Gasteiger partial charge in [0.1, 0.15) is 5.75 Å². The van der Waals surface area contributed by atoms with Crippen molar-refractivity contribution in [3.8, 4) is 5.75 Å². The highest BCUT2D eigenvalue weighted by Crippen LogP contribution is 2.30. The van der Waals surface area contributed by atoms with Crippen LogP contribution in [0.15, 0.2) is 23.2 Å². The number of aliphatic imine (C=N–C) groups is 1. The molecule has 2 fully saturated rings. The summed E-state index contributed by atoms with van der Waals surface area (Å²) in [5.41, 5.74) is 2.38. The first kappa shape index (κ1) is 19.0. The van der Waals surface area contributed by atoms with Gasteiger partial charge in [-0.1, -0.05) is 12.1 Å². The number of hydrogen-bond acceptors (Lipinski definition) is 4. The molecular weight excluding hydrogens is 328 g/mol. The molecule has 2 N–H and O–H groups in total. The van der Waals surface area contributed by atoms with E-state index in [9.17, 15) is 0 Å². The fourth-order valence-corrected chi connectivity index (χ4v) is 3.03. The van der Waals surface area contributed by atoms with Gasteiger partial charge in [0, 0.05) is 38.8 Å². The number of nitrogens with zero attached hydrogens (tertiary/aromatic N) is 2. The van der Waals surface area contributed by atoms with Gasteiger partial charge < -0.3 is 25.0 Å². The van der Waals surface area contributed by atoms with Crippen LogP contribution in [0.25, 0.3) is 0 Å². The number of likely N-dealkylation sites (N-methyl/N-ethyl adjacent to an activating group) is 1. The number of morpholine rings is 1. The van der Waals surface area contributed by atoms with E-state index in [1.165, 1.54) is 18.4 Å². The third kappa shape index (κ3) is 5.88. The summed E-state index contributed by atoms with van der Waals surface area (Å²) in [6.07, 6.45) is 2.80. The van der Waals surface area contributed by atoms with Gasteiger partial charge in [0.15, 0.2) is 5.96 Å². The molecule has 0 bridgehead atoms. The van der Waals surface area contributed by atoms with Crippen LogP contribution >= 0.6 is 0 Å². The van der Waals surface area contributed by atoms with Gasteiger partial charge in [-0.2, -0.15) is 0 Å². The van der Waals surface area contributed by atoms with E-state index in [1.54, 1.807) is 7.05 Å². The van der Waals surface area contributed by atoms with E-state index in [0.717, 1.165) is 56.0 Å². The molecule has 1 saturated heterocycles. The second-order valence-electron chi connectivity index (χ2n) is 7.43. The van der Waals surface area contributed by atoms with Crippen LogP contribution in [0.2, 0.25) is 0 Å². The maximum atomic E-state index is 6.05. The standard InChI is InChI=1S/C20H32N4O2/c1-15-4-7-17(19(10-15)26-14-16-5-6-16)11-22-20(21-2)23-12-18-13-24(3)8-9-25-18/h4,7,10,16,18H,5-6,8-9,11-14H2,1-3H3,(H2,21,22,23). The van der Waals surface area contributed by atoms with E-state index in [2.05, 4.69) is 52.7 Å². The molecule has 1 unspecified atom stereocenters. The quantitative estimate of drug-likeness (QED) is 0.573. The van der Waals surface area contributed by atoms with Crippen LogP contribution in [0.5, 0.6) is 5.75 Å². The maximum Gasteiger partial charge on any atom is 0.191 e. The molecule has 2 aliphatic rings. The molecule has 6 heteroatoms. The van der Waals surface area contributed by atoms with Gasteiger partial charge >= 0.3 is 0 Å². The molecule has 0 amide bonds. The topological polar surface area (TPSA) is 58.1 Å². The fourth-order valence-electron chi connectivity index (χ4n) is 3.03. The second kappa shape index (κ2) is 9.24. The van der Waals surface area contributed by atoms with Gasteiger partial charge in [-0.3, -0.25) is 4.99 Å². The summed E-state index contributed by atoms with van der Waals surface area (Å²) in [4.78, 5) is 6.62. The summed E-state index contributed by atoms with van der Waals surface area (Å²) in [5, 5.41) is 6.76. The van der Waals surface area contributed by atoms with Crippen molar-refractivity contribution in [3.63, 3.8) is 0 Å². The van der Waals surface area contributed by atoms with Crippen LogP contribution in [-0.2, 0) is 11.3 Å². The number of hydrogen-bond donors (Lipinski definition) is 2. The predicted molar refractivity (Wildman–Crippen MR) is 105 cm³/mol. The smallest absolute Gasteiger partial charge is 0.191 e. The first-order valence-corrected chi connectivity index (χ1v) is 9.61. The summed E-state index contributed by atoms with van der Waals surface area (Å²) >= 11 is 0. The Hall–Kier alpha value is -1.79. The minimum absolute atomic E-state index is 0.198. The molecule has 6 nitrogen and oxygen atoms in total. The number of benzene rings is 1. The number of aryl methyl sites for hydroxylation is 1. The SMILES string of the molecule is CN=C(NCc1ccc(C)cc1OCC1CC1)NCC1CN(C)CCO1. The lowest BCUT2D eigenvalue weighted by Crippen LogP contribution is -2.48. The van der Waals surface area contributed by atoms with Crippen molar-refractivity contribution in [1.82, 2.24) is 15.5 Å². The molecule has 0 spiro atoms. The zero-order chi connectivity index (χ0) is 18.4. The number of ether oxygens (including phenoxy) is 2. The van der Waals surface area contributed by atoms with Crippen LogP contribution in [-0.4, -0.2) is 63.9 Å². The lowest BCUT2D eigenvalue weighted by Gasteiger charge is -2.30. The third-order valence-electron chi connectivity index (χ3n) is 4.90. The molecule has 1 aliphatic carbocycles. The van der Waals surface area contributed by atoms with E-state index in [1.807, 2.05) is 0 Å². The molecule has 0 aromatic heterocycles. The zero-order valence-corrected chi connectivity index (χ0v) is 16.3. The molecule has 1 saturated carbocycles. The van der Waals surface area contributed by atoms with Crippen LogP contribution < -0.4 is 15.4 Å². The average Bonchev–Trinajstić information content (AvgIpc) is 3.46. The summed E-state index contributed by atoms with van der Waals surface area (Å²) in [7, 11) is 3.92. The highest BCUT2D eigenvalue weighted by Gasteiger charge is 2.22. The molecule has 1 heterocycles. The Morgan fingerprint density at radius 1 is 1.35 bits per heavy atom. The van der Waals surface area contributed by atoms with Crippen molar-refractivity contribution in [3.05, 3.63) is 29.3 Å². The zero-order valence-electron chi connectivity index (χ0n) is 16.3. The first-order chi connectivity index (χ1) is 12.6. The highest BCUT2D eigenvalue weighted by atomic mass is 16.5. The minimum atomic E-state index is 0.198. The normalized spacial score (nSPS) is 21.5. The Morgan fingerprint density at radius 2 is 2.19 bits per heavy atom. The highest BCUT2D eigenvalue weighted by molar-refractivity contribution is 5.79. The lowest BCUT2D eigenvalue weighted by atomic mass is 10.1. The first-order valence-electron chi connectivity index (χ1n) is 9.61. The summed E-state index contributed by atoms with van der Waals surface area (Å²) < 4.78 is 11.8. The van der Waals surface area contributed by atoms with Crippen molar-refractivity contribution in [1.29, 1.82) is 0 Å². The van der Waals surface area contributed by atoms with Crippen LogP contribution in [0.1, 0.15) is 24.0 Å². The van der Waals surface area contributed by atoms with Crippen molar-refractivity contribution in [2.45, 2.75) is 32.4 Å². The van der Waals surface area contributed by atoms with Crippen molar-refractivity contribution in [2.24, 2.45) is 10.9 Å². The van der Waals surface area contributed by atoms with Gasteiger partial charge in [-0.25, -0.2) is 0 Å². The van der Waals surface area contributed by atoms with Gasteiger partial charge in [0.2, 0.25) is 0 Å². The Kier molecular flexibility index (Phi) is 6.74. The van der Waals surface area contributed by atoms with E-state index >= 15 is 0 Å². The Labute approximate surface area is 157 Å². The average molecular weight is 361 g/mol. The second-order valence-corrected chi connectivity index (χ2v) is 7.43. The summed E-state index contributed by atoms with van der Waals surface area (Å²) in [5.74, 6) is 2.52. The van der Waals surface area contributed by atoms with Gasteiger partial charge in [0.05, 0.1) is 19.3 Å². The molecule has 1 aromatic carbocycles. The summed E-state index contributed by atoms with van der Waals surface area (Å²) in [6.45, 7) is 7.11. The number of nitrogens with one attached hydrogen (secondary N) is 2. The largest absolute Gasteiger partial charge is 0.493 e. The van der Waals surface area contributed by atoms with E-state index in [0.29, 0.717) is 6.54 Å². The Balaban J connectivity index is 1.49. The molecule has 3 rings (SSSR count). The molecule has 26 heavy (non-hydrogen) atoms. The number of guanidine groups is 1. The lowest BCUT2D eigenvalue weighted by molar-refractivity contribution is -0.0161. The van der Waals surface area contributed by atoms with E-state index in [-0.39, 0.29) is 6.10 Å². The monoisotopic (exact) mass is 360 g/mol. The Bertz CT molecular complexity index is 616. The molecule has 0 radical (unpaired) electrons. The van der Waals surface area contributed by atoms with Crippen molar-refractivity contribution >= 4 is 5.96 Å². The van der Waals surface area contributed by atoms with Crippen LogP contribution in [0.4, 0.5) is 0 Å². The molecular formula is C20H32N4O2. The molecule has 1 atom stereocenters. The van der Waals surface area contributed by atoms with Gasteiger partial charge in [-0.15, -0.1) is 0 Å². The minimum Gasteiger partial charge on any atom is -0.493 e. The van der Waals surface area contributed by atoms with Crippen molar-refractivity contribution in [2.75, 3.05) is 46.9 Å². The third-order valence-corrected chi connectivity index (χ3v) is 4.90. The van der Waals surface area contributed by atoms with Crippen LogP contribution in [0, 0.1) is 12.8 Å². The number of rotatable bonds is 7. The van der Waals surface area contributed by atoms with Gasteiger partial charge in [0.25, 0.3) is 0 Å². The fraction of sp³-hybridized carbons (Fsp3) is 0.650. The summed E-state index contributed by atoms with van der Waals surface area (Å²) in [6, 6.07) is 6.39. The molecule has 144 valence electrons. The Morgan fingerprint density at radius 3 is 2.92 bits per heavy atom. The molecule has 1 aromatic rings. The van der Waals surface area contributed by atoms with Gasteiger partial charge in [-0.05, 0) is 44.4 Å². The van der Waals surface area contributed by atoms with E-state index < -0.39 is 0 Å². The van der Waals surface area contributed by atoms with Crippen LogP contribution in [0.3, 0.4) is 0 Å². The van der Waals surface area contributed by atoms with Crippen molar-refractivity contribution < 1.29 is 9.47 Å². The maximum absolute atomic E-state index is 6.05. The van der Waals surface area contributed by atoms with E-state index in [4.69, 9.17) is 9.47 Å².